The molecular formula is C20H16F4N2. The first-order chi connectivity index (χ1) is 12.4. The van der Waals surface area contributed by atoms with E-state index in [9.17, 15) is 17.6 Å². The lowest BCUT2D eigenvalue weighted by molar-refractivity contribution is 0.0752. The van der Waals surface area contributed by atoms with Gasteiger partial charge in [-0.2, -0.15) is 8.78 Å². The van der Waals surface area contributed by atoms with E-state index in [0.717, 1.165) is 27.1 Å². The fraction of sp³-hybridized carbons (Fsp3) is 0.200. The predicted molar refractivity (Wildman–Crippen MR) is 94.6 cm³/mol. The summed E-state index contributed by atoms with van der Waals surface area (Å²) in [5.74, 6) is 0. The molecule has 0 amide bonds. The lowest BCUT2D eigenvalue weighted by Gasteiger charge is -2.20. The third-order valence-corrected chi connectivity index (χ3v) is 4.76. The van der Waals surface area contributed by atoms with E-state index in [4.69, 9.17) is 0 Å². The minimum Gasteiger partial charge on any atom is -0.337 e. The van der Waals surface area contributed by atoms with Crippen molar-refractivity contribution >= 4 is 22.3 Å². The number of fused-ring (bicyclic) bond motifs is 2. The Morgan fingerprint density at radius 3 is 2.54 bits per heavy atom. The fourth-order valence-corrected chi connectivity index (χ4v) is 3.48. The Labute approximate surface area is 148 Å². The maximum Gasteiger partial charge on any atom is 0.319 e. The van der Waals surface area contributed by atoms with Gasteiger partial charge in [-0.3, -0.25) is 4.57 Å². The Morgan fingerprint density at radius 2 is 1.81 bits per heavy atom. The molecule has 1 aliphatic heterocycles. The highest BCUT2D eigenvalue weighted by Gasteiger charge is 2.24. The second-order valence-corrected chi connectivity index (χ2v) is 6.36. The van der Waals surface area contributed by atoms with Crippen molar-refractivity contribution in [1.29, 1.82) is 0 Å². The van der Waals surface area contributed by atoms with Crippen LogP contribution in [0.5, 0.6) is 0 Å². The second-order valence-electron chi connectivity index (χ2n) is 6.36. The quantitative estimate of drug-likeness (QED) is 0.531. The van der Waals surface area contributed by atoms with Gasteiger partial charge in [-0.15, -0.1) is 0 Å². The van der Waals surface area contributed by atoms with Crippen molar-refractivity contribution in [2.75, 3.05) is 4.90 Å². The molecule has 2 heterocycles. The fourth-order valence-electron chi connectivity index (χ4n) is 3.48. The topological polar surface area (TPSA) is 8.17 Å². The van der Waals surface area contributed by atoms with Crippen LogP contribution in [0, 0.1) is 0 Å². The predicted octanol–water partition coefficient (Wildman–Crippen LogP) is 5.83. The van der Waals surface area contributed by atoms with E-state index in [1.807, 2.05) is 17.0 Å². The number of alkyl halides is 4. The Morgan fingerprint density at radius 1 is 1.00 bits per heavy atom. The molecule has 1 aromatic heterocycles. The van der Waals surface area contributed by atoms with Gasteiger partial charge in [0.05, 0.1) is 5.52 Å². The summed E-state index contributed by atoms with van der Waals surface area (Å²) in [6, 6.07) is 12.3. The molecule has 26 heavy (non-hydrogen) atoms. The SMILES string of the molecule is C=C1c2cc(CC(F)F)ccc2CN1c1ccc2c(ccn2C(F)F)c1. The van der Waals surface area contributed by atoms with Crippen LogP contribution in [0.4, 0.5) is 23.2 Å². The number of hydrogen-bond acceptors (Lipinski definition) is 1. The van der Waals surface area contributed by atoms with Crippen molar-refractivity contribution in [3.05, 3.63) is 71.9 Å². The molecule has 0 radical (unpaired) electrons. The summed E-state index contributed by atoms with van der Waals surface area (Å²) >= 11 is 0. The lowest BCUT2D eigenvalue weighted by Crippen LogP contribution is -2.12. The first-order valence-corrected chi connectivity index (χ1v) is 8.19. The molecule has 1 aliphatic rings. The molecule has 0 fully saturated rings. The summed E-state index contributed by atoms with van der Waals surface area (Å²) in [7, 11) is 0. The number of nitrogens with zero attached hydrogens (tertiary/aromatic N) is 2. The highest BCUT2D eigenvalue weighted by Crippen LogP contribution is 2.38. The van der Waals surface area contributed by atoms with Crippen LogP contribution in [-0.2, 0) is 13.0 Å². The normalized spacial score (nSPS) is 14.1. The van der Waals surface area contributed by atoms with Crippen molar-refractivity contribution in [3.63, 3.8) is 0 Å². The largest absolute Gasteiger partial charge is 0.337 e. The molecule has 0 saturated carbocycles. The van der Waals surface area contributed by atoms with Crippen LogP contribution in [0.3, 0.4) is 0 Å². The number of benzene rings is 2. The zero-order valence-electron chi connectivity index (χ0n) is 13.8. The van der Waals surface area contributed by atoms with E-state index in [2.05, 4.69) is 6.58 Å². The molecule has 4 rings (SSSR count). The summed E-state index contributed by atoms with van der Waals surface area (Å²) in [5, 5.41) is 0.713. The third kappa shape index (κ3) is 2.75. The number of anilines is 1. The molecule has 2 aromatic carbocycles. The second kappa shape index (κ2) is 6.20. The Balaban J connectivity index is 1.66. The Hall–Kier alpha value is -2.76. The third-order valence-electron chi connectivity index (χ3n) is 4.76. The number of halogens is 4. The lowest BCUT2D eigenvalue weighted by atomic mass is 10.0. The van der Waals surface area contributed by atoms with E-state index < -0.39 is 13.0 Å². The minimum absolute atomic E-state index is 0.284. The van der Waals surface area contributed by atoms with Crippen molar-refractivity contribution in [1.82, 2.24) is 4.57 Å². The summed E-state index contributed by atoms with van der Waals surface area (Å²) in [6.07, 6.45) is -1.31. The van der Waals surface area contributed by atoms with Crippen LogP contribution in [-0.4, -0.2) is 11.0 Å². The van der Waals surface area contributed by atoms with Gasteiger partial charge >= 0.3 is 6.55 Å². The standard InChI is InChI=1S/C20H16F4N2/c1-12-17-8-13(9-19(21)22)2-3-15(17)11-26(12)16-4-5-18-14(10-16)6-7-25(18)20(23)24/h2-8,10,19-20H,1,9,11H2. The molecule has 6 heteroatoms. The van der Waals surface area contributed by atoms with Crippen LogP contribution in [0.2, 0.25) is 0 Å². The monoisotopic (exact) mass is 360 g/mol. The van der Waals surface area contributed by atoms with E-state index in [-0.39, 0.29) is 6.42 Å². The zero-order chi connectivity index (χ0) is 18.4. The number of hydrogen-bond donors (Lipinski definition) is 0. The maximum atomic E-state index is 13.0. The van der Waals surface area contributed by atoms with Gasteiger partial charge in [0.25, 0.3) is 0 Å². The highest BCUT2D eigenvalue weighted by molar-refractivity contribution is 5.89. The van der Waals surface area contributed by atoms with Gasteiger partial charge in [-0.05, 0) is 41.5 Å². The van der Waals surface area contributed by atoms with Crippen LogP contribution in [0.15, 0.2) is 55.2 Å². The molecule has 0 N–H and O–H groups in total. The van der Waals surface area contributed by atoms with Gasteiger partial charge in [0.1, 0.15) is 0 Å². The van der Waals surface area contributed by atoms with Crippen LogP contribution < -0.4 is 4.90 Å². The van der Waals surface area contributed by atoms with E-state index in [1.54, 1.807) is 30.3 Å². The molecule has 2 nitrogen and oxygen atoms in total. The van der Waals surface area contributed by atoms with Crippen molar-refractivity contribution in [2.45, 2.75) is 25.9 Å². The van der Waals surface area contributed by atoms with Crippen LogP contribution in [0.25, 0.3) is 16.6 Å². The van der Waals surface area contributed by atoms with E-state index in [1.165, 1.54) is 6.20 Å². The van der Waals surface area contributed by atoms with Crippen molar-refractivity contribution in [3.8, 4) is 0 Å². The van der Waals surface area contributed by atoms with Crippen LogP contribution >= 0.6 is 0 Å². The summed E-state index contributed by atoms with van der Waals surface area (Å²) in [5.41, 5.74) is 4.47. The smallest absolute Gasteiger partial charge is 0.319 e. The van der Waals surface area contributed by atoms with Crippen molar-refractivity contribution in [2.24, 2.45) is 0 Å². The van der Waals surface area contributed by atoms with Gasteiger partial charge in [-0.1, -0.05) is 18.7 Å². The molecule has 0 saturated heterocycles. The minimum atomic E-state index is -2.59. The molecule has 0 atom stereocenters. The Kier molecular flexibility index (Phi) is 3.98. The average Bonchev–Trinajstić information content (AvgIpc) is 3.15. The molecule has 0 aliphatic carbocycles. The Bertz CT molecular complexity index is 991. The van der Waals surface area contributed by atoms with Crippen molar-refractivity contribution < 1.29 is 17.6 Å². The molecule has 0 spiro atoms. The zero-order valence-corrected chi connectivity index (χ0v) is 13.8. The van der Waals surface area contributed by atoms with Crippen LogP contribution in [0.1, 0.15) is 23.2 Å². The van der Waals surface area contributed by atoms with Gasteiger partial charge in [0, 0.05) is 41.5 Å². The first kappa shape index (κ1) is 16.7. The highest BCUT2D eigenvalue weighted by atomic mass is 19.3. The van der Waals surface area contributed by atoms with E-state index in [0.29, 0.717) is 23.0 Å². The van der Waals surface area contributed by atoms with E-state index >= 15 is 0 Å². The summed E-state index contributed by atoms with van der Waals surface area (Å²) in [6.45, 7) is 2.09. The molecule has 0 bridgehead atoms. The van der Waals surface area contributed by atoms with Gasteiger partial charge in [-0.25, -0.2) is 8.78 Å². The maximum absolute atomic E-state index is 13.0. The van der Waals surface area contributed by atoms with Gasteiger partial charge < -0.3 is 4.90 Å². The average molecular weight is 360 g/mol. The summed E-state index contributed by atoms with van der Waals surface area (Å²) in [4.78, 5) is 1.97. The number of rotatable bonds is 4. The number of aromatic nitrogens is 1. The molecule has 3 aromatic rings. The molecule has 134 valence electrons. The van der Waals surface area contributed by atoms with Gasteiger partial charge in [0.15, 0.2) is 0 Å². The summed E-state index contributed by atoms with van der Waals surface area (Å²) < 4.78 is 52.2. The molecular weight excluding hydrogens is 344 g/mol. The van der Waals surface area contributed by atoms with Gasteiger partial charge in [0.2, 0.25) is 6.43 Å². The molecule has 0 unspecified atom stereocenters. The first-order valence-electron chi connectivity index (χ1n) is 8.19.